The van der Waals surface area contributed by atoms with E-state index in [9.17, 15) is 9.59 Å². The van der Waals surface area contributed by atoms with Crippen LogP contribution in [0.5, 0.6) is 0 Å². The van der Waals surface area contributed by atoms with Crippen molar-refractivity contribution in [1.82, 2.24) is 5.32 Å². The number of aliphatic carboxylic acids is 1. The van der Waals surface area contributed by atoms with Crippen LogP contribution in [0.15, 0.2) is 18.2 Å². The third-order valence-corrected chi connectivity index (χ3v) is 4.53. The summed E-state index contributed by atoms with van der Waals surface area (Å²) in [5.74, 6) is -1.10. The number of hydrogen-bond donors (Lipinski definition) is 2. The minimum absolute atomic E-state index is 0.0614. The molecule has 0 aromatic heterocycles. The van der Waals surface area contributed by atoms with Gasteiger partial charge in [-0.05, 0) is 54.5 Å². The molecule has 0 aliphatic rings. The Hall–Kier alpha value is -1.11. The first-order chi connectivity index (χ1) is 9.33. The highest BCUT2D eigenvalue weighted by Gasteiger charge is 2.31. The molecule has 0 aliphatic heterocycles. The predicted molar refractivity (Wildman–Crippen MR) is 86.9 cm³/mol. The average molecular weight is 389 g/mol. The number of hydrogen-bond acceptors (Lipinski definition) is 2. The molecule has 5 heteroatoms. The van der Waals surface area contributed by atoms with Crippen molar-refractivity contribution in [2.24, 2.45) is 0 Å². The maximum Gasteiger partial charge on any atom is 0.305 e. The van der Waals surface area contributed by atoms with Gasteiger partial charge in [0.1, 0.15) is 0 Å². The van der Waals surface area contributed by atoms with Crippen molar-refractivity contribution in [2.75, 3.05) is 0 Å². The summed E-state index contributed by atoms with van der Waals surface area (Å²) in [6.45, 7) is 5.72. The quantitative estimate of drug-likeness (QED) is 0.734. The molecule has 0 spiro atoms. The normalized spacial score (nSPS) is 11.2. The largest absolute Gasteiger partial charge is 0.481 e. The molecule has 0 fully saturated rings. The van der Waals surface area contributed by atoms with Crippen LogP contribution in [0, 0.1) is 10.5 Å². The van der Waals surface area contributed by atoms with Gasteiger partial charge in [-0.25, -0.2) is 0 Å². The summed E-state index contributed by atoms with van der Waals surface area (Å²) in [5.41, 5.74) is 0.921. The number of carbonyl (C=O) groups excluding carboxylic acids is 1. The summed E-state index contributed by atoms with van der Waals surface area (Å²) in [4.78, 5) is 23.4. The van der Waals surface area contributed by atoms with Crippen LogP contribution in [0.1, 0.15) is 49.0 Å². The average Bonchev–Trinajstić information content (AvgIpc) is 2.40. The number of benzene rings is 1. The lowest BCUT2D eigenvalue weighted by atomic mass is 9.88. The van der Waals surface area contributed by atoms with Crippen molar-refractivity contribution >= 4 is 34.5 Å². The second kappa shape index (κ2) is 7.06. The van der Waals surface area contributed by atoms with Crippen molar-refractivity contribution in [2.45, 2.75) is 45.6 Å². The van der Waals surface area contributed by atoms with Gasteiger partial charge in [-0.3, -0.25) is 9.59 Å². The fourth-order valence-electron chi connectivity index (χ4n) is 2.13. The lowest BCUT2D eigenvalue weighted by Crippen LogP contribution is -2.49. The van der Waals surface area contributed by atoms with Gasteiger partial charge in [-0.2, -0.15) is 0 Å². The molecule has 1 rings (SSSR count). The number of carboxylic acids is 1. The monoisotopic (exact) mass is 389 g/mol. The van der Waals surface area contributed by atoms with Crippen molar-refractivity contribution in [3.8, 4) is 0 Å². The predicted octanol–water partition coefficient (Wildman–Crippen LogP) is 3.36. The maximum absolute atomic E-state index is 12.4. The Balaban J connectivity index is 3.02. The van der Waals surface area contributed by atoms with Crippen molar-refractivity contribution in [3.05, 3.63) is 32.9 Å². The summed E-state index contributed by atoms with van der Waals surface area (Å²) in [5, 5.41) is 12.0. The first kappa shape index (κ1) is 16.9. The van der Waals surface area contributed by atoms with Gasteiger partial charge < -0.3 is 10.4 Å². The molecule has 1 aromatic rings. The van der Waals surface area contributed by atoms with E-state index in [0.717, 1.165) is 9.13 Å². The van der Waals surface area contributed by atoms with E-state index >= 15 is 0 Å². The van der Waals surface area contributed by atoms with Crippen LogP contribution in [0.4, 0.5) is 0 Å². The van der Waals surface area contributed by atoms with E-state index in [-0.39, 0.29) is 12.3 Å². The van der Waals surface area contributed by atoms with Crippen LogP contribution < -0.4 is 5.32 Å². The smallest absolute Gasteiger partial charge is 0.305 e. The number of carboxylic acid groups (broad SMARTS) is 1. The fraction of sp³-hybridized carbons (Fsp3) is 0.467. The number of aryl methyl sites for hydroxylation is 1. The molecule has 4 nitrogen and oxygen atoms in total. The molecule has 0 saturated heterocycles. The van der Waals surface area contributed by atoms with E-state index in [0.29, 0.717) is 18.4 Å². The van der Waals surface area contributed by atoms with Crippen molar-refractivity contribution in [1.29, 1.82) is 0 Å². The van der Waals surface area contributed by atoms with E-state index in [2.05, 4.69) is 27.9 Å². The third kappa shape index (κ3) is 4.19. The Morgan fingerprint density at radius 1 is 1.30 bits per heavy atom. The molecule has 0 radical (unpaired) electrons. The van der Waals surface area contributed by atoms with E-state index in [1.165, 1.54) is 0 Å². The Kier molecular flexibility index (Phi) is 5.98. The molecule has 20 heavy (non-hydrogen) atoms. The van der Waals surface area contributed by atoms with E-state index < -0.39 is 11.5 Å². The number of halogens is 1. The van der Waals surface area contributed by atoms with Crippen LogP contribution in [0.25, 0.3) is 0 Å². The Morgan fingerprint density at radius 3 is 2.40 bits per heavy atom. The van der Waals surface area contributed by atoms with Gasteiger partial charge in [-0.15, -0.1) is 0 Å². The lowest BCUT2D eigenvalue weighted by Gasteiger charge is -2.31. The van der Waals surface area contributed by atoms with Crippen molar-refractivity contribution in [3.63, 3.8) is 0 Å². The molecule has 1 amide bonds. The van der Waals surface area contributed by atoms with Gasteiger partial charge in [0.15, 0.2) is 0 Å². The molecule has 110 valence electrons. The summed E-state index contributed by atoms with van der Waals surface area (Å²) < 4.78 is 0.863. The van der Waals surface area contributed by atoms with E-state index in [4.69, 9.17) is 5.11 Å². The van der Waals surface area contributed by atoms with Crippen LogP contribution in [0.3, 0.4) is 0 Å². The zero-order valence-electron chi connectivity index (χ0n) is 12.0. The van der Waals surface area contributed by atoms with Crippen LogP contribution in [-0.4, -0.2) is 22.5 Å². The fourth-order valence-corrected chi connectivity index (χ4v) is 2.71. The Morgan fingerprint density at radius 2 is 1.90 bits per heavy atom. The summed E-state index contributed by atoms with van der Waals surface area (Å²) in [6, 6.07) is 5.66. The van der Waals surface area contributed by atoms with Gasteiger partial charge >= 0.3 is 5.97 Å². The zero-order valence-corrected chi connectivity index (χ0v) is 14.2. The number of carbonyl (C=O) groups is 2. The topological polar surface area (TPSA) is 66.4 Å². The Labute approximate surface area is 133 Å². The summed E-state index contributed by atoms with van der Waals surface area (Å²) in [6.07, 6.45) is 1.11. The molecule has 0 atom stereocenters. The molecule has 2 N–H and O–H groups in total. The highest BCUT2D eigenvalue weighted by molar-refractivity contribution is 14.1. The molecule has 0 heterocycles. The highest BCUT2D eigenvalue weighted by atomic mass is 127. The van der Waals surface area contributed by atoms with E-state index in [1.54, 1.807) is 0 Å². The number of nitrogens with one attached hydrogen (secondary N) is 1. The summed E-state index contributed by atoms with van der Waals surface area (Å²) in [7, 11) is 0. The molecular weight excluding hydrogens is 369 g/mol. The maximum atomic E-state index is 12.4. The summed E-state index contributed by atoms with van der Waals surface area (Å²) >= 11 is 2.12. The lowest BCUT2D eigenvalue weighted by molar-refractivity contribution is -0.138. The molecule has 0 bridgehead atoms. The second-order valence-electron chi connectivity index (χ2n) is 5.00. The molecule has 0 aliphatic carbocycles. The van der Waals surface area contributed by atoms with Gasteiger partial charge in [0.05, 0.1) is 17.5 Å². The number of amides is 1. The van der Waals surface area contributed by atoms with Crippen LogP contribution in [-0.2, 0) is 4.79 Å². The minimum Gasteiger partial charge on any atom is -0.481 e. The number of rotatable bonds is 6. The molecule has 0 saturated carbocycles. The minimum atomic E-state index is -0.895. The molecule has 0 unspecified atom stereocenters. The third-order valence-electron chi connectivity index (χ3n) is 3.59. The van der Waals surface area contributed by atoms with Gasteiger partial charge in [-0.1, -0.05) is 25.5 Å². The second-order valence-corrected chi connectivity index (χ2v) is 6.16. The molecular formula is C15H20INO3. The van der Waals surface area contributed by atoms with Crippen LogP contribution >= 0.6 is 22.6 Å². The van der Waals surface area contributed by atoms with Gasteiger partial charge in [0.25, 0.3) is 5.91 Å². The standard InChI is InChI=1S/C15H20INO3/c1-4-15(5-2,9-13(18)19)17-14(20)11-8-10(3)6-7-12(11)16/h6-8H,4-5,9H2,1-3H3,(H,17,20)(H,18,19). The molecule has 1 aromatic carbocycles. The van der Waals surface area contributed by atoms with E-state index in [1.807, 2.05) is 39.0 Å². The van der Waals surface area contributed by atoms with Crippen molar-refractivity contribution < 1.29 is 14.7 Å². The SMILES string of the molecule is CCC(CC)(CC(=O)O)NC(=O)c1cc(C)ccc1I. The van der Waals surface area contributed by atoms with Crippen LogP contribution in [0.2, 0.25) is 0 Å². The Bertz CT molecular complexity index is 510. The van der Waals surface area contributed by atoms with Gasteiger partial charge in [0.2, 0.25) is 0 Å². The van der Waals surface area contributed by atoms with Gasteiger partial charge in [0, 0.05) is 3.57 Å². The zero-order chi connectivity index (χ0) is 15.3. The first-order valence-electron chi connectivity index (χ1n) is 6.64. The highest BCUT2D eigenvalue weighted by Crippen LogP contribution is 2.22. The first-order valence-corrected chi connectivity index (χ1v) is 7.72.